The quantitative estimate of drug-likeness (QED) is 0.688. The van der Waals surface area contributed by atoms with E-state index >= 15 is 0 Å². The molecular formula is C11H22N2O. The molecule has 0 amide bonds. The predicted octanol–water partition coefficient (Wildman–Crippen LogP) is 0.428. The summed E-state index contributed by atoms with van der Waals surface area (Å²) in [6, 6.07) is 0.166. The highest BCUT2D eigenvalue weighted by Crippen LogP contribution is 2.37. The Bertz CT molecular complexity index is 174. The number of hydrogen-bond acceptors (Lipinski definition) is 3. The molecule has 3 N–H and O–H groups in total. The van der Waals surface area contributed by atoms with Crippen LogP contribution < -0.4 is 5.73 Å². The first-order valence-corrected chi connectivity index (χ1v) is 5.88. The molecule has 0 bridgehead atoms. The Labute approximate surface area is 86.3 Å². The zero-order chi connectivity index (χ0) is 9.97. The molecule has 1 aliphatic carbocycles. The van der Waals surface area contributed by atoms with Crippen LogP contribution in [0.2, 0.25) is 0 Å². The summed E-state index contributed by atoms with van der Waals surface area (Å²) in [5, 5.41) is 8.77. The molecule has 0 aromatic carbocycles. The Balaban J connectivity index is 1.73. The molecule has 82 valence electrons. The van der Waals surface area contributed by atoms with Crippen LogP contribution in [0.4, 0.5) is 0 Å². The molecule has 2 rings (SSSR count). The van der Waals surface area contributed by atoms with E-state index in [1.165, 1.54) is 32.4 Å². The highest BCUT2D eigenvalue weighted by Gasteiger charge is 2.35. The number of fused-ring (bicyclic) bond motifs is 1. The van der Waals surface area contributed by atoms with Gasteiger partial charge in [-0.2, -0.15) is 0 Å². The molecule has 0 aromatic rings. The Morgan fingerprint density at radius 1 is 1.29 bits per heavy atom. The van der Waals surface area contributed by atoms with Gasteiger partial charge in [-0.15, -0.1) is 0 Å². The fourth-order valence-corrected chi connectivity index (χ4v) is 3.07. The molecule has 3 heteroatoms. The van der Waals surface area contributed by atoms with Gasteiger partial charge in [0.2, 0.25) is 0 Å². The topological polar surface area (TPSA) is 49.5 Å². The van der Waals surface area contributed by atoms with Crippen LogP contribution in [-0.2, 0) is 0 Å². The van der Waals surface area contributed by atoms with Crippen LogP contribution in [0, 0.1) is 11.8 Å². The van der Waals surface area contributed by atoms with Gasteiger partial charge in [0.05, 0.1) is 0 Å². The van der Waals surface area contributed by atoms with E-state index in [1.807, 2.05) is 0 Å². The highest BCUT2D eigenvalue weighted by atomic mass is 16.3. The first-order chi connectivity index (χ1) is 6.79. The molecule has 2 fully saturated rings. The number of likely N-dealkylation sites (tertiary alicyclic amines) is 1. The van der Waals surface area contributed by atoms with E-state index in [4.69, 9.17) is 10.8 Å². The van der Waals surface area contributed by atoms with Crippen LogP contribution in [0.25, 0.3) is 0 Å². The van der Waals surface area contributed by atoms with Gasteiger partial charge in [-0.25, -0.2) is 0 Å². The fourth-order valence-electron chi connectivity index (χ4n) is 3.07. The van der Waals surface area contributed by atoms with Gasteiger partial charge in [0.25, 0.3) is 0 Å². The minimum Gasteiger partial charge on any atom is -0.396 e. The first-order valence-electron chi connectivity index (χ1n) is 5.88. The zero-order valence-electron chi connectivity index (χ0n) is 8.86. The third-order valence-corrected chi connectivity index (χ3v) is 3.79. The van der Waals surface area contributed by atoms with Crippen molar-refractivity contribution in [2.24, 2.45) is 17.6 Å². The summed E-state index contributed by atoms with van der Waals surface area (Å²) in [6.07, 6.45) is 5.03. The molecule has 1 saturated carbocycles. The number of aliphatic hydroxyl groups excluding tert-OH is 1. The number of aliphatic hydroxyl groups is 1. The van der Waals surface area contributed by atoms with Crippen molar-refractivity contribution in [1.82, 2.24) is 4.90 Å². The molecule has 3 atom stereocenters. The summed E-state index contributed by atoms with van der Waals surface area (Å²) in [4.78, 5) is 2.49. The summed E-state index contributed by atoms with van der Waals surface area (Å²) in [5.41, 5.74) is 5.91. The molecule has 1 aliphatic heterocycles. The Morgan fingerprint density at radius 3 is 2.50 bits per heavy atom. The van der Waals surface area contributed by atoms with Crippen molar-refractivity contribution in [2.75, 3.05) is 26.2 Å². The number of rotatable bonds is 4. The van der Waals surface area contributed by atoms with Crippen LogP contribution in [0.3, 0.4) is 0 Å². The fraction of sp³-hybridized carbons (Fsp3) is 1.00. The molecule has 0 radical (unpaired) electrons. The van der Waals surface area contributed by atoms with Gasteiger partial charge in [0.1, 0.15) is 0 Å². The smallest absolute Gasteiger partial charge is 0.0446 e. The van der Waals surface area contributed by atoms with Gasteiger partial charge in [-0.05, 0) is 31.1 Å². The molecule has 0 spiro atoms. The molecule has 3 nitrogen and oxygen atoms in total. The first kappa shape index (κ1) is 10.4. The summed E-state index contributed by atoms with van der Waals surface area (Å²) in [7, 11) is 0. The lowest BCUT2D eigenvalue weighted by molar-refractivity contribution is 0.240. The number of hydrogen-bond donors (Lipinski definition) is 2. The second-order valence-electron chi connectivity index (χ2n) is 4.94. The number of nitrogens with zero attached hydrogens (tertiary/aromatic N) is 1. The maximum absolute atomic E-state index is 8.77. The summed E-state index contributed by atoms with van der Waals surface area (Å²) in [6.45, 7) is 3.71. The Kier molecular flexibility index (Phi) is 3.42. The van der Waals surface area contributed by atoms with Crippen LogP contribution in [0.1, 0.15) is 25.7 Å². The SMILES string of the molecule is NC(CCO)CN1CC2CCCC2C1. The molecule has 3 unspecified atom stereocenters. The second kappa shape index (κ2) is 4.60. The van der Waals surface area contributed by atoms with Crippen molar-refractivity contribution in [3.05, 3.63) is 0 Å². The molecule has 2 aliphatic rings. The lowest BCUT2D eigenvalue weighted by atomic mass is 10.0. The lowest BCUT2D eigenvalue weighted by Gasteiger charge is -2.20. The highest BCUT2D eigenvalue weighted by molar-refractivity contribution is 4.89. The van der Waals surface area contributed by atoms with Crippen LogP contribution >= 0.6 is 0 Å². The standard InChI is InChI=1S/C11H22N2O/c12-11(4-5-14)8-13-6-9-2-1-3-10(9)7-13/h9-11,14H,1-8,12H2. The Morgan fingerprint density at radius 2 is 1.93 bits per heavy atom. The van der Waals surface area contributed by atoms with Gasteiger partial charge in [-0.1, -0.05) is 6.42 Å². The largest absolute Gasteiger partial charge is 0.396 e. The molecular weight excluding hydrogens is 176 g/mol. The average molecular weight is 198 g/mol. The monoisotopic (exact) mass is 198 g/mol. The van der Waals surface area contributed by atoms with E-state index in [0.717, 1.165) is 24.8 Å². The average Bonchev–Trinajstić information content (AvgIpc) is 2.63. The summed E-state index contributed by atoms with van der Waals surface area (Å²) >= 11 is 0. The van der Waals surface area contributed by atoms with E-state index < -0.39 is 0 Å². The van der Waals surface area contributed by atoms with E-state index in [2.05, 4.69) is 4.90 Å². The Hall–Kier alpha value is -0.120. The van der Waals surface area contributed by atoms with Crippen molar-refractivity contribution in [3.8, 4) is 0 Å². The summed E-state index contributed by atoms with van der Waals surface area (Å²) in [5.74, 6) is 1.91. The minimum atomic E-state index is 0.166. The van der Waals surface area contributed by atoms with Gasteiger partial charge in [0.15, 0.2) is 0 Å². The molecule has 1 heterocycles. The maximum atomic E-state index is 8.77. The minimum absolute atomic E-state index is 0.166. The predicted molar refractivity (Wildman–Crippen MR) is 56.9 cm³/mol. The van der Waals surface area contributed by atoms with Gasteiger partial charge in [0, 0.05) is 32.3 Å². The van der Waals surface area contributed by atoms with Gasteiger partial charge >= 0.3 is 0 Å². The number of nitrogens with two attached hydrogens (primary N) is 1. The molecule has 14 heavy (non-hydrogen) atoms. The maximum Gasteiger partial charge on any atom is 0.0446 e. The second-order valence-corrected chi connectivity index (χ2v) is 4.94. The lowest BCUT2D eigenvalue weighted by Crippen LogP contribution is -2.37. The van der Waals surface area contributed by atoms with Crippen LogP contribution in [0.5, 0.6) is 0 Å². The van der Waals surface area contributed by atoms with Crippen molar-refractivity contribution >= 4 is 0 Å². The van der Waals surface area contributed by atoms with Crippen molar-refractivity contribution in [2.45, 2.75) is 31.7 Å². The van der Waals surface area contributed by atoms with Crippen molar-refractivity contribution < 1.29 is 5.11 Å². The molecule has 1 saturated heterocycles. The van der Waals surface area contributed by atoms with Crippen molar-refractivity contribution in [1.29, 1.82) is 0 Å². The third kappa shape index (κ3) is 2.27. The van der Waals surface area contributed by atoms with Crippen LogP contribution in [0.15, 0.2) is 0 Å². The van der Waals surface area contributed by atoms with E-state index in [9.17, 15) is 0 Å². The normalized spacial score (nSPS) is 34.7. The molecule has 0 aromatic heterocycles. The zero-order valence-corrected chi connectivity index (χ0v) is 8.86. The van der Waals surface area contributed by atoms with E-state index in [0.29, 0.717) is 0 Å². The van der Waals surface area contributed by atoms with E-state index in [-0.39, 0.29) is 12.6 Å². The summed E-state index contributed by atoms with van der Waals surface area (Å²) < 4.78 is 0. The van der Waals surface area contributed by atoms with Crippen molar-refractivity contribution in [3.63, 3.8) is 0 Å². The van der Waals surface area contributed by atoms with Gasteiger partial charge < -0.3 is 15.7 Å². The van der Waals surface area contributed by atoms with Crippen LogP contribution in [-0.4, -0.2) is 42.3 Å². The van der Waals surface area contributed by atoms with Gasteiger partial charge in [-0.3, -0.25) is 0 Å². The van der Waals surface area contributed by atoms with E-state index in [1.54, 1.807) is 0 Å². The third-order valence-electron chi connectivity index (χ3n) is 3.79.